The molecule has 2 aliphatic rings. The summed E-state index contributed by atoms with van der Waals surface area (Å²) in [5.74, 6) is -0.748. The molecule has 2 fully saturated rings. The van der Waals surface area contributed by atoms with Crippen LogP contribution in [-0.2, 0) is 19.2 Å². The summed E-state index contributed by atoms with van der Waals surface area (Å²) >= 11 is 0. The second kappa shape index (κ2) is 2.38. The highest BCUT2D eigenvalue weighted by atomic mass is 16.7. The zero-order chi connectivity index (χ0) is 8.72. The minimum atomic E-state index is -0.545. The molecule has 0 aromatic heterocycles. The fourth-order valence-corrected chi connectivity index (χ4v) is 1.02. The Morgan fingerprint density at radius 2 is 1.67 bits per heavy atom. The van der Waals surface area contributed by atoms with Gasteiger partial charge in [-0.05, 0) is 0 Å². The Bertz CT molecular complexity index is 257. The van der Waals surface area contributed by atoms with Crippen LogP contribution in [0.5, 0.6) is 0 Å². The molecular weight excluding hydrogens is 162 g/mol. The highest BCUT2D eigenvalue weighted by Crippen LogP contribution is 2.23. The summed E-state index contributed by atoms with van der Waals surface area (Å²) in [5.41, 5.74) is 0. The standard InChI is InChI=1S/C7H7NO4/c9-4-3-5(4)12-8-6(10)1-2-7(8)11/h5H,1-3H2. The SMILES string of the molecule is O=C1CC1ON1C(=O)CCC1=O. The maximum Gasteiger partial charge on any atom is 0.254 e. The van der Waals surface area contributed by atoms with Gasteiger partial charge in [0.1, 0.15) is 0 Å². The van der Waals surface area contributed by atoms with E-state index in [1.54, 1.807) is 0 Å². The Labute approximate surface area is 68.2 Å². The van der Waals surface area contributed by atoms with Crippen LogP contribution in [0.25, 0.3) is 0 Å². The Balaban J connectivity index is 1.98. The number of imide groups is 1. The van der Waals surface area contributed by atoms with Crippen molar-refractivity contribution >= 4 is 17.6 Å². The van der Waals surface area contributed by atoms with Crippen LogP contribution < -0.4 is 0 Å². The lowest BCUT2D eigenvalue weighted by Crippen LogP contribution is -2.30. The minimum absolute atomic E-state index is 0.0532. The molecule has 12 heavy (non-hydrogen) atoms. The summed E-state index contributed by atoms with van der Waals surface area (Å²) in [5, 5.41) is 0.718. The van der Waals surface area contributed by atoms with E-state index >= 15 is 0 Å². The number of Topliss-reactive ketones (excluding diaryl/α,β-unsaturated/α-hetero) is 1. The quantitative estimate of drug-likeness (QED) is 0.518. The van der Waals surface area contributed by atoms with Crippen molar-refractivity contribution in [1.82, 2.24) is 5.06 Å². The lowest BCUT2D eigenvalue weighted by molar-refractivity contribution is -0.191. The summed E-state index contributed by atoms with van der Waals surface area (Å²) in [6.07, 6.45) is 0.160. The molecule has 5 heteroatoms. The largest absolute Gasteiger partial charge is 0.297 e. The molecule has 1 aliphatic carbocycles. The Hall–Kier alpha value is -1.23. The molecule has 0 N–H and O–H groups in total. The molecule has 5 nitrogen and oxygen atoms in total. The van der Waals surface area contributed by atoms with E-state index in [1.165, 1.54) is 0 Å². The number of hydrogen-bond acceptors (Lipinski definition) is 4. The summed E-state index contributed by atoms with van der Waals surface area (Å²) in [7, 11) is 0. The van der Waals surface area contributed by atoms with Gasteiger partial charge in [-0.2, -0.15) is 5.06 Å². The normalized spacial score (nSPS) is 28.5. The van der Waals surface area contributed by atoms with Crippen LogP contribution in [-0.4, -0.2) is 28.8 Å². The van der Waals surface area contributed by atoms with Crippen molar-refractivity contribution in [2.24, 2.45) is 0 Å². The summed E-state index contributed by atoms with van der Waals surface area (Å²) in [6, 6.07) is 0. The molecule has 0 aromatic carbocycles. The van der Waals surface area contributed by atoms with Gasteiger partial charge in [-0.1, -0.05) is 0 Å². The van der Waals surface area contributed by atoms with Crippen LogP contribution in [0.4, 0.5) is 0 Å². The Morgan fingerprint density at radius 3 is 2.08 bits per heavy atom. The third-order valence-corrected chi connectivity index (χ3v) is 1.82. The Morgan fingerprint density at radius 1 is 1.17 bits per heavy atom. The molecule has 0 radical (unpaired) electrons. The molecule has 1 saturated carbocycles. The number of rotatable bonds is 2. The van der Waals surface area contributed by atoms with Gasteiger partial charge in [-0.25, -0.2) is 0 Å². The van der Waals surface area contributed by atoms with E-state index < -0.39 is 6.10 Å². The molecule has 1 atom stereocenters. The van der Waals surface area contributed by atoms with E-state index in [-0.39, 0.29) is 30.4 Å². The van der Waals surface area contributed by atoms with Gasteiger partial charge in [-0.3, -0.25) is 19.2 Å². The van der Waals surface area contributed by atoms with E-state index in [9.17, 15) is 14.4 Å². The van der Waals surface area contributed by atoms with Crippen LogP contribution in [0.2, 0.25) is 0 Å². The van der Waals surface area contributed by atoms with Crippen molar-refractivity contribution in [3.8, 4) is 0 Å². The summed E-state index contributed by atoms with van der Waals surface area (Å²) in [6.45, 7) is 0. The third kappa shape index (κ3) is 1.12. The molecule has 1 aliphatic heterocycles. The fourth-order valence-electron chi connectivity index (χ4n) is 1.02. The monoisotopic (exact) mass is 169 g/mol. The van der Waals surface area contributed by atoms with Crippen LogP contribution in [0.15, 0.2) is 0 Å². The van der Waals surface area contributed by atoms with Gasteiger partial charge in [0.15, 0.2) is 11.9 Å². The van der Waals surface area contributed by atoms with Crippen molar-refractivity contribution in [2.45, 2.75) is 25.4 Å². The van der Waals surface area contributed by atoms with Crippen LogP contribution >= 0.6 is 0 Å². The number of hydrogen-bond donors (Lipinski definition) is 0. The molecule has 2 rings (SSSR count). The van der Waals surface area contributed by atoms with Crippen LogP contribution in [0, 0.1) is 0 Å². The molecule has 0 spiro atoms. The maximum absolute atomic E-state index is 10.9. The molecule has 0 aromatic rings. The van der Waals surface area contributed by atoms with Gasteiger partial charge in [0.05, 0.1) is 0 Å². The zero-order valence-corrected chi connectivity index (χ0v) is 6.28. The van der Waals surface area contributed by atoms with Crippen LogP contribution in [0.3, 0.4) is 0 Å². The lowest BCUT2D eigenvalue weighted by Gasteiger charge is -2.10. The number of amides is 2. The van der Waals surface area contributed by atoms with Crippen molar-refractivity contribution < 1.29 is 19.2 Å². The first-order valence-corrected chi connectivity index (χ1v) is 3.74. The van der Waals surface area contributed by atoms with Crippen molar-refractivity contribution in [3.63, 3.8) is 0 Å². The first-order chi connectivity index (χ1) is 5.68. The predicted octanol–water partition coefficient (Wildman–Crippen LogP) is -0.592. The second-order valence-corrected chi connectivity index (χ2v) is 2.85. The van der Waals surface area contributed by atoms with E-state index in [2.05, 4.69) is 0 Å². The first kappa shape index (κ1) is 7.42. The summed E-state index contributed by atoms with van der Waals surface area (Å²) < 4.78 is 0. The number of carbonyl (C=O) groups is 3. The summed E-state index contributed by atoms with van der Waals surface area (Å²) in [4.78, 5) is 37.2. The van der Waals surface area contributed by atoms with E-state index in [0.717, 1.165) is 5.06 Å². The van der Waals surface area contributed by atoms with Crippen molar-refractivity contribution in [3.05, 3.63) is 0 Å². The number of carbonyl (C=O) groups excluding carboxylic acids is 3. The second-order valence-electron chi connectivity index (χ2n) is 2.85. The van der Waals surface area contributed by atoms with Gasteiger partial charge in [0.2, 0.25) is 0 Å². The predicted molar refractivity (Wildman–Crippen MR) is 35.6 cm³/mol. The fraction of sp³-hybridized carbons (Fsp3) is 0.571. The van der Waals surface area contributed by atoms with Gasteiger partial charge < -0.3 is 0 Å². The lowest BCUT2D eigenvalue weighted by atomic mass is 10.4. The smallest absolute Gasteiger partial charge is 0.254 e. The molecule has 1 unspecified atom stereocenters. The van der Waals surface area contributed by atoms with Crippen molar-refractivity contribution in [1.29, 1.82) is 0 Å². The van der Waals surface area contributed by atoms with E-state index in [4.69, 9.17) is 4.84 Å². The van der Waals surface area contributed by atoms with Gasteiger partial charge in [0, 0.05) is 19.3 Å². The molecule has 64 valence electrons. The van der Waals surface area contributed by atoms with Gasteiger partial charge in [0.25, 0.3) is 11.8 Å². The highest BCUT2D eigenvalue weighted by molar-refractivity contribution is 6.02. The topological polar surface area (TPSA) is 63.7 Å². The maximum atomic E-state index is 10.9. The molecule has 2 amide bonds. The highest BCUT2D eigenvalue weighted by Gasteiger charge is 2.42. The molecular formula is C7H7NO4. The van der Waals surface area contributed by atoms with Crippen molar-refractivity contribution in [2.75, 3.05) is 0 Å². The first-order valence-electron chi connectivity index (χ1n) is 3.74. The number of hydroxylamine groups is 2. The average molecular weight is 169 g/mol. The minimum Gasteiger partial charge on any atom is -0.297 e. The van der Waals surface area contributed by atoms with Crippen LogP contribution in [0.1, 0.15) is 19.3 Å². The van der Waals surface area contributed by atoms with E-state index in [0.29, 0.717) is 6.42 Å². The molecule has 1 heterocycles. The van der Waals surface area contributed by atoms with Gasteiger partial charge in [-0.15, -0.1) is 0 Å². The Kier molecular flexibility index (Phi) is 1.47. The number of ketones is 1. The van der Waals surface area contributed by atoms with E-state index in [1.807, 2.05) is 0 Å². The molecule has 0 bridgehead atoms. The average Bonchev–Trinajstić information content (AvgIpc) is 2.63. The zero-order valence-electron chi connectivity index (χ0n) is 6.28. The molecule has 1 saturated heterocycles. The number of nitrogens with zero attached hydrogens (tertiary/aromatic N) is 1. The van der Waals surface area contributed by atoms with Gasteiger partial charge >= 0.3 is 0 Å². The third-order valence-electron chi connectivity index (χ3n) is 1.82.